The first-order valence-electron chi connectivity index (χ1n) is 8.99. The molecule has 2 aromatic rings. The van der Waals surface area contributed by atoms with Crippen molar-refractivity contribution in [2.75, 3.05) is 19.8 Å². The minimum atomic E-state index is 1.06. The fourth-order valence-electron chi connectivity index (χ4n) is 4.07. The Morgan fingerprint density at radius 2 is 1.17 bits per heavy atom. The molecule has 0 spiro atoms. The maximum Gasteiger partial charge on any atom is 0.0513 e. The average Bonchev–Trinajstić information content (AvgIpc) is 2.89. The van der Waals surface area contributed by atoms with Gasteiger partial charge < -0.3 is 0 Å². The number of nitrogens with zero attached hydrogens (tertiary/aromatic N) is 2. The van der Waals surface area contributed by atoms with Gasteiger partial charge in [0.15, 0.2) is 0 Å². The Morgan fingerprint density at radius 3 is 1.75 bits per heavy atom. The van der Waals surface area contributed by atoms with Gasteiger partial charge in [-0.3, -0.25) is 9.80 Å². The Balaban J connectivity index is 1.63. The van der Waals surface area contributed by atoms with Crippen LogP contribution in [0.3, 0.4) is 0 Å². The molecule has 2 nitrogen and oxygen atoms in total. The molecule has 1 aliphatic rings. The van der Waals surface area contributed by atoms with Crippen molar-refractivity contribution in [2.24, 2.45) is 0 Å². The molecule has 2 heteroatoms. The van der Waals surface area contributed by atoms with Crippen molar-refractivity contribution in [3.05, 3.63) is 69.3 Å². The molecule has 0 amide bonds. The molecule has 0 unspecified atom stereocenters. The average molecular weight is 322 g/mol. The van der Waals surface area contributed by atoms with E-state index in [1.807, 2.05) is 0 Å². The summed E-state index contributed by atoms with van der Waals surface area (Å²) in [6.45, 7) is 16.6. The zero-order valence-corrected chi connectivity index (χ0v) is 15.8. The van der Waals surface area contributed by atoms with E-state index in [9.17, 15) is 0 Å². The summed E-state index contributed by atoms with van der Waals surface area (Å²) in [7, 11) is 0. The van der Waals surface area contributed by atoms with Gasteiger partial charge in [0.25, 0.3) is 0 Å². The summed E-state index contributed by atoms with van der Waals surface area (Å²) in [6, 6.07) is 11.5. The van der Waals surface area contributed by atoms with Crippen molar-refractivity contribution in [3.63, 3.8) is 0 Å². The van der Waals surface area contributed by atoms with E-state index in [2.05, 4.69) is 74.8 Å². The van der Waals surface area contributed by atoms with Crippen molar-refractivity contribution in [3.8, 4) is 0 Å². The largest absolute Gasteiger partial charge is 0.285 e. The van der Waals surface area contributed by atoms with Crippen LogP contribution in [0, 0.1) is 34.6 Å². The van der Waals surface area contributed by atoms with E-state index in [1.54, 1.807) is 0 Å². The van der Waals surface area contributed by atoms with Crippen molar-refractivity contribution in [1.29, 1.82) is 0 Å². The Labute approximate surface area is 147 Å². The Morgan fingerprint density at radius 1 is 0.667 bits per heavy atom. The lowest BCUT2D eigenvalue weighted by Gasteiger charge is -2.21. The second kappa shape index (κ2) is 7.08. The lowest BCUT2D eigenvalue weighted by atomic mass is 9.99. The van der Waals surface area contributed by atoms with Crippen LogP contribution in [0.4, 0.5) is 0 Å². The highest BCUT2D eigenvalue weighted by Gasteiger charge is 2.21. The molecule has 1 heterocycles. The third-order valence-electron chi connectivity index (χ3n) is 5.04. The summed E-state index contributed by atoms with van der Waals surface area (Å²) < 4.78 is 0. The van der Waals surface area contributed by atoms with E-state index < -0.39 is 0 Å². The molecule has 0 bridgehead atoms. The molecule has 1 saturated heterocycles. The molecule has 128 valence electrons. The Kier molecular flexibility index (Phi) is 5.07. The summed E-state index contributed by atoms with van der Waals surface area (Å²) in [5, 5.41) is 0. The molecule has 3 rings (SSSR count). The standard InChI is InChI=1S/C22H30N2/c1-16-8-17(2)12-21(11-16)13-23-6-7-24(15-23)14-22-19(4)9-18(3)10-20(22)5/h8-12H,6-7,13-15H2,1-5H3. The summed E-state index contributed by atoms with van der Waals surface area (Å²) in [5.74, 6) is 0. The minimum absolute atomic E-state index is 1.06. The van der Waals surface area contributed by atoms with E-state index >= 15 is 0 Å². The van der Waals surface area contributed by atoms with E-state index in [-0.39, 0.29) is 0 Å². The van der Waals surface area contributed by atoms with Gasteiger partial charge in [0.2, 0.25) is 0 Å². The Bertz CT molecular complexity index is 689. The fourth-order valence-corrected chi connectivity index (χ4v) is 4.07. The number of rotatable bonds is 4. The number of aryl methyl sites for hydroxylation is 5. The van der Waals surface area contributed by atoms with Crippen LogP contribution in [0.25, 0.3) is 0 Å². The van der Waals surface area contributed by atoms with Crippen LogP contribution >= 0.6 is 0 Å². The summed E-state index contributed by atoms with van der Waals surface area (Å²) in [4.78, 5) is 5.14. The van der Waals surface area contributed by atoms with Crippen LogP contribution in [0.2, 0.25) is 0 Å². The highest BCUT2D eigenvalue weighted by atomic mass is 15.4. The molecule has 0 aromatic heterocycles. The predicted molar refractivity (Wildman–Crippen MR) is 102 cm³/mol. The van der Waals surface area contributed by atoms with Crippen LogP contribution in [-0.4, -0.2) is 29.6 Å². The van der Waals surface area contributed by atoms with Gasteiger partial charge in [-0.25, -0.2) is 0 Å². The summed E-state index contributed by atoms with van der Waals surface area (Å²) in [6.07, 6.45) is 0. The van der Waals surface area contributed by atoms with Crippen molar-refractivity contribution >= 4 is 0 Å². The molecule has 0 aliphatic carbocycles. The van der Waals surface area contributed by atoms with E-state index in [4.69, 9.17) is 0 Å². The second-order valence-corrected chi connectivity index (χ2v) is 7.62. The molecular weight excluding hydrogens is 292 g/mol. The van der Waals surface area contributed by atoms with Crippen molar-refractivity contribution in [2.45, 2.75) is 47.7 Å². The quantitative estimate of drug-likeness (QED) is 0.817. The van der Waals surface area contributed by atoms with E-state index in [1.165, 1.54) is 38.9 Å². The molecule has 0 N–H and O–H groups in total. The van der Waals surface area contributed by atoms with Gasteiger partial charge >= 0.3 is 0 Å². The van der Waals surface area contributed by atoms with Gasteiger partial charge in [-0.05, 0) is 56.9 Å². The van der Waals surface area contributed by atoms with Crippen LogP contribution in [-0.2, 0) is 13.1 Å². The number of benzene rings is 2. The first-order chi connectivity index (χ1) is 11.4. The zero-order chi connectivity index (χ0) is 17.3. The molecule has 2 aromatic carbocycles. The lowest BCUT2D eigenvalue weighted by Crippen LogP contribution is -2.25. The van der Waals surface area contributed by atoms with Crippen molar-refractivity contribution in [1.82, 2.24) is 9.80 Å². The molecule has 1 fully saturated rings. The van der Waals surface area contributed by atoms with Gasteiger partial charge in [-0.1, -0.05) is 47.0 Å². The van der Waals surface area contributed by atoms with Gasteiger partial charge in [0.05, 0.1) is 6.67 Å². The molecular formula is C22H30N2. The van der Waals surface area contributed by atoms with E-state index in [0.29, 0.717) is 0 Å². The third-order valence-corrected chi connectivity index (χ3v) is 5.04. The second-order valence-electron chi connectivity index (χ2n) is 7.62. The zero-order valence-electron chi connectivity index (χ0n) is 15.8. The topological polar surface area (TPSA) is 6.48 Å². The molecule has 1 aliphatic heterocycles. The first kappa shape index (κ1) is 17.2. The summed E-state index contributed by atoms with van der Waals surface area (Å²) in [5.41, 5.74) is 9.91. The monoisotopic (exact) mass is 322 g/mol. The van der Waals surface area contributed by atoms with Gasteiger partial charge in [0, 0.05) is 26.2 Å². The lowest BCUT2D eigenvalue weighted by molar-refractivity contribution is 0.234. The third kappa shape index (κ3) is 4.06. The van der Waals surface area contributed by atoms with Crippen molar-refractivity contribution < 1.29 is 0 Å². The fraction of sp³-hybridized carbons (Fsp3) is 0.455. The van der Waals surface area contributed by atoms with Gasteiger partial charge in [-0.15, -0.1) is 0 Å². The van der Waals surface area contributed by atoms with E-state index in [0.717, 1.165) is 32.8 Å². The SMILES string of the molecule is Cc1cc(C)cc(CN2CCN(Cc3c(C)cc(C)cc3C)C2)c1. The smallest absolute Gasteiger partial charge is 0.0513 e. The van der Waals surface area contributed by atoms with Gasteiger partial charge in [0.1, 0.15) is 0 Å². The predicted octanol–water partition coefficient (Wildman–Crippen LogP) is 4.50. The highest BCUT2D eigenvalue weighted by molar-refractivity contribution is 5.37. The highest BCUT2D eigenvalue weighted by Crippen LogP contribution is 2.21. The van der Waals surface area contributed by atoms with Crippen LogP contribution < -0.4 is 0 Å². The van der Waals surface area contributed by atoms with Crippen LogP contribution in [0.1, 0.15) is 38.9 Å². The maximum absolute atomic E-state index is 2.58. The Hall–Kier alpha value is -1.64. The molecule has 0 atom stereocenters. The normalized spacial score (nSPS) is 16.0. The van der Waals surface area contributed by atoms with Crippen LogP contribution in [0.15, 0.2) is 30.3 Å². The summed E-state index contributed by atoms with van der Waals surface area (Å²) >= 11 is 0. The molecule has 24 heavy (non-hydrogen) atoms. The number of hydrogen-bond donors (Lipinski definition) is 0. The van der Waals surface area contributed by atoms with Gasteiger partial charge in [-0.2, -0.15) is 0 Å². The first-order valence-corrected chi connectivity index (χ1v) is 8.99. The maximum atomic E-state index is 2.58. The molecule has 0 saturated carbocycles. The number of hydrogen-bond acceptors (Lipinski definition) is 2. The minimum Gasteiger partial charge on any atom is -0.285 e. The van der Waals surface area contributed by atoms with Crippen LogP contribution in [0.5, 0.6) is 0 Å². The molecule has 0 radical (unpaired) electrons.